The highest BCUT2D eigenvalue weighted by Gasteiger charge is 2.31. The van der Waals surface area contributed by atoms with Crippen LogP contribution in [0.25, 0.3) is 21.5 Å². The van der Waals surface area contributed by atoms with E-state index in [9.17, 15) is 9.59 Å². The van der Waals surface area contributed by atoms with E-state index >= 15 is 0 Å². The van der Waals surface area contributed by atoms with E-state index in [-0.39, 0.29) is 11.6 Å². The summed E-state index contributed by atoms with van der Waals surface area (Å²) in [5.74, 6) is 0.391. The molecule has 0 saturated carbocycles. The molecule has 0 aliphatic heterocycles. The van der Waals surface area contributed by atoms with Gasteiger partial charge in [-0.1, -0.05) is 36.4 Å². The van der Waals surface area contributed by atoms with E-state index in [2.05, 4.69) is 0 Å². The Balaban J connectivity index is 2.16. The van der Waals surface area contributed by atoms with Crippen molar-refractivity contribution in [2.24, 2.45) is 0 Å². The van der Waals surface area contributed by atoms with Gasteiger partial charge in [0.1, 0.15) is 0 Å². The molecule has 0 amide bonds. The summed E-state index contributed by atoms with van der Waals surface area (Å²) in [6.07, 6.45) is 0.925. The second kappa shape index (κ2) is 3.15. The quantitative estimate of drug-likeness (QED) is 0.578. The topological polar surface area (TPSA) is 34.1 Å². The third kappa shape index (κ3) is 0.989. The number of carbonyl (C=O) groups is 2. The Morgan fingerprint density at radius 3 is 1.55 bits per heavy atom. The van der Waals surface area contributed by atoms with Gasteiger partial charge in [-0.3, -0.25) is 9.59 Å². The molecule has 0 bridgehead atoms. The summed E-state index contributed by atoms with van der Waals surface area (Å²) in [6.45, 7) is 0. The number of benzene rings is 3. The fourth-order valence-corrected chi connectivity index (χ4v) is 3.87. The van der Waals surface area contributed by atoms with Gasteiger partial charge in [0, 0.05) is 24.0 Å². The molecule has 0 spiro atoms. The minimum absolute atomic E-state index is 0.196. The molecule has 0 unspecified atom stereocenters. The number of hydrogen-bond acceptors (Lipinski definition) is 2. The first-order valence-electron chi connectivity index (χ1n) is 6.81. The van der Waals surface area contributed by atoms with Crippen LogP contribution in [0.4, 0.5) is 0 Å². The van der Waals surface area contributed by atoms with Gasteiger partial charge < -0.3 is 0 Å². The van der Waals surface area contributed by atoms with Gasteiger partial charge in [0.2, 0.25) is 0 Å². The zero-order valence-corrected chi connectivity index (χ0v) is 10.7. The smallest absolute Gasteiger partial charge is 0.167 e. The third-order valence-corrected chi connectivity index (χ3v) is 4.66. The number of fused-ring (bicyclic) bond motifs is 2. The minimum atomic E-state index is 0.196. The van der Waals surface area contributed by atoms with Crippen LogP contribution in [0, 0.1) is 0 Å². The van der Waals surface area contributed by atoms with Crippen LogP contribution in [0.1, 0.15) is 31.8 Å². The predicted octanol–water partition coefficient (Wildman–Crippen LogP) is 3.47. The lowest BCUT2D eigenvalue weighted by Gasteiger charge is -2.09. The standard InChI is InChI=1S/C18H10O2/c19-15-8-14-10-4-2-6-12-16(20)7-13(18(10)12)9-3-1-5-11(15)17(9)14/h1-6H,7-8H2. The Morgan fingerprint density at radius 1 is 0.650 bits per heavy atom. The van der Waals surface area contributed by atoms with Crippen molar-refractivity contribution in [2.75, 3.05) is 0 Å². The molecule has 20 heavy (non-hydrogen) atoms. The molecule has 0 fully saturated rings. The Labute approximate surface area is 115 Å². The van der Waals surface area contributed by atoms with Crippen molar-refractivity contribution in [3.8, 4) is 0 Å². The molecule has 3 aromatic carbocycles. The number of rotatable bonds is 0. The first-order valence-corrected chi connectivity index (χ1v) is 6.81. The van der Waals surface area contributed by atoms with Gasteiger partial charge in [-0.2, -0.15) is 0 Å². The van der Waals surface area contributed by atoms with Crippen LogP contribution < -0.4 is 0 Å². The van der Waals surface area contributed by atoms with Gasteiger partial charge in [-0.05, 0) is 32.7 Å². The maximum Gasteiger partial charge on any atom is 0.167 e. The molecule has 5 rings (SSSR count). The molecular formula is C18H10O2. The van der Waals surface area contributed by atoms with E-state index in [0.717, 1.165) is 43.8 Å². The Hall–Kier alpha value is -2.48. The highest BCUT2D eigenvalue weighted by molar-refractivity contribution is 6.27. The lowest BCUT2D eigenvalue weighted by molar-refractivity contribution is 0.0992. The molecule has 0 N–H and O–H groups in total. The fourth-order valence-electron chi connectivity index (χ4n) is 3.87. The number of hydrogen-bond donors (Lipinski definition) is 0. The van der Waals surface area contributed by atoms with Gasteiger partial charge in [-0.25, -0.2) is 0 Å². The maximum absolute atomic E-state index is 12.2. The van der Waals surface area contributed by atoms with Crippen molar-refractivity contribution in [2.45, 2.75) is 12.8 Å². The van der Waals surface area contributed by atoms with E-state index in [4.69, 9.17) is 0 Å². The molecule has 2 aliphatic carbocycles. The van der Waals surface area contributed by atoms with Gasteiger partial charge in [0.25, 0.3) is 0 Å². The summed E-state index contributed by atoms with van der Waals surface area (Å²) in [5.41, 5.74) is 3.85. The van der Waals surface area contributed by atoms with Crippen molar-refractivity contribution in [1.82, 2.24) is 0 Å². The van der Waals surface area contributed by atoms with Gasteiger partial charge in [0.05, 0.1) is 0 Å². The highest BCUT2D eigenvalue weighted by Crippen LogP contribution is 2.43. The Morgan fingerprint density at radius 2 is 1.10 bits per heavy atom. The normalized spacial score (nSPS) is 15.8. The Bertz CT molecular complexity index is 898. The monoisotopic (exact) mass is 258 g/mol. The zero-order chi connectivity index (χ0) is 13.4. The summed E-state index contributed by atoms with van der Waals surface area (Å²) < 4.78 is 0. The SMILES string of the molecule is O=C1Cc2c3cccc4c3c(c3cccc1c23)CC4=O. The maximum atomic E-state index is 12.2. The number of ketones is 2. The van der Waals surface area contributed by atoms with Crippen LogP contribution in [0.2, 0.25) is 0 Å². The molecule has 0 aromatic heterocycles. The summed E-state index contributed by atoms with van der Waals surface area (Å²) in [7, 11) is 0. The first kappa shape index (κ1) is 10.3. The molecule has 0 heterocycles. The summed E-state index contributed by atoms with van der Waals surface area (Å²) in [4.78, 5) is 24.4. The van der Waals surface area contributed by atoms with Crippen LogP contribution in [0.3, 0.4) is 0 Å². The third-order valence-electron chi connectivity index (χ3n) is 4.66. The van der Waals surface area contributed by atoms with Crippen molar-refractivity contribution >= 4 is 33.1 Å². The average molecular weight is 258 g/mol. The van der Waals surface area contributed by atoms with Crippen molar-refractivity contribution in [3.63, 3.8) is 0 Å². The largest absolute Gasteiger partial charge is 0.294 e. The van der Waals surface area contributed by atoms with Gasteiger partial charge in [-0.15, -0.1) is 0 Å². The van der Waals surface area contributed by atoms with Crippen molar-refractivity contribution < 1.29 is 9.59 Å². The second-order valence-electron chi connectivity index (χ2n) is 5.61. The van der Waals surface area contributed by atoms with Gasteiger partial charge in [0.15, 0.2) is 11.6 Å². The minimum Gasteiger partial charge on any atom is -0.294 e. The predicted molar refractivity (Wildman–Crippen MR) is 77.5 cm³/mol. The molecule has 2 nitrogen and oxygen atoms in total. The van der Waals surface area contributed by atoms with Crippen LogP contribution in [0.15, 0.2) is 36.4 Å². The average Bonchev–Trinajstić information content (AvgIpc) is 2.98. The molecule has 0 saturated heterocycles. The van der Waals surface area contributed by atoms with Crippen LogP contribution in [0.5, 0.6) is 0 Å². The molecule has 3 aromatic rings. The highest BCUT2D eigenvalue weighted by atomic mass is 16.1. The van der Waals surface area contributed by atoms with E-state index < -0.39 is 0 Å². The van der Waals surface area contributed by atoms with E-state index in [1.54, 1.807) is 0 Å². The molecule has 2 aliphatic rings. The summed E-state index contributed by atoms with van der Waals surface area (Å²) >= 11 is 0. The zero-order valence-electron chi connectivity index (χ0n) is 10.7. The number of Topliss-reactive ketones (excluding diaryl/α,β-unsaturated/α-hetero) is 2. The fraction of sp³-hybridized carbons (Fsp3) is 0.111. The van der Waals surface area contributed by atoms with Crippen molar-refractivity contribution in [1.29, 1.82) is 0 Å². The lowest BCUT2D eigenvalue weighted by Crippen LogP contribution is -1.95. The van der Waals surface area contributed by atoms with E-state index in [1.165, 1.54) is 0 Å². The van der Waals surface area contributed by atoms with Crippen molar-refractivity contribution in [3.05, 3.63) is 58.7 Å². The molecule has 0 radical (unpaired) electrons. The van der Waals surface area contributed by atoms with Crippen LogP contribution in [-0.4, -0.2) is 11.6 Å². The van der Waals surface area contributed by atoms with Gasteiger partial charge >= 0.3 is 0 Å². The van der Waals surface area contributed by atoms with Crippen LogP contribution in [-0.2, 0) is 12.8 Å². The molecule has 94 valence electrons. The molecule has 2 heteroatoms. The molecule has 0 atom stereocenters. The lowest BCUT2D eigenvalue weighted by atomic mass is 9.93. The first-order chi connectivity index (χ1) is 9.75. The number of carbonyl (C=O) groups excluding carboxylic acids is 2. The summed E-state index contributed by atoms with van der Waals surface area (Å²) in [6, 6.07) is 11.8. The summed E-state index contributed by atoms with van der Waals surface area (Å²) in [5, 5.41) is 4.34. The van der Waals surface area contributed by atoms with E-state index in [0.29, 0.717) is 12.8 Å². The molecular weight excluding hydrogens is 248 g/mol. The second-order valence-corrected chi connectivity index (χ2v) is 5.61. The van der Waals surface area contributed by atoms with Crippen LogP contribution >= 0.6 is 0 Å². The van der Waals surface area contributed by atoms with E-state index in [1.807, 2.05) is 36.4 Å². The Kier molecular flexibility index (Phi) is 1.63.